The number of rotatable bonds is 11. The van der Waals surface area contributed by atoms with Crippen molar-refractivity contribution in [3.63, 3.8) is 0 Å². The lowest BCUT2D eigenvalue weighted by Crippen LogP contribution is -2.72. The highest BCUT2D eigenvalue weighted by atomic mass is 16.9. The molecule has 3 N–H and O–H groups in total. The van der Waals surface area contributed by atoms with E-state index in [4.69, 9.17) is 71.1 Å². The molecule has 0 radical (unpaired) electrons. The average Bonchev–Trinajstić information content (AvgIpc) is 3.84. The van der Waals surface area contributed by atoms with Gasteiger partial charge in [0.1, 0.15) is 47.8 Å². The zero-order chi connectivity index (χ0) is 48.8. The van der Waals surface area contributed by atoms with E-state index in [0.717, 1.165) is 0 Å². The van der Waals surface area contributed by atoms with E-state index in [-0.39, 0.29) is 65.9 Å². The number of methoxy groups -OCH3 is 3. The van der Waals surface area contributed by atoms with Crippen molar-refractivity contribution in [3.8, 4) is 17.2 Å². The van der Waals surface area contributed by atoms with Gasteiger partial charge < -0.3 is 86.4 Å². The summed E-state index contributed by atoms with van der Waals surface area (Å²) in [6.07, 6.45) is -14.5. The van der Waals surface area contributed by atoms with E-state index in [9.17, 15) is 34.5 Å². The first-order valence-electron chi connectivity index (χ1n) is 22.6. The molecule has 2 aromatic rings. The Morgan fingerprint density at radius 3 is 2.25 bits per heavy atom. The summed E-state index contributed by atoms with van der Waals surface area (Å²) in [7, 11) is 4.19. The highest BCUT2D eigenvalue weighted by molar-refractivity contribution is 6.13. The van der Waals surface area contributed by atoms with Crippen LogP contribution in [0.25, 0.3) is 10.8 Å². The Morgan fingerprint density at radius 1 is 0.941 bits per heavy atom. The van der Waals surface area contributed by atoms with Gasteiger partial charge in [-0.15, -0.1) is 0 Å². The molecule has 10 rings (SSSR count). The first kappa shape index (κ1) is 47.2. The van der Waals surface area contributed by atoms with Crippen molar-refractivity contribution in [2.45, 2.75) is 164 Å². The lowest BCUT2D eigenvalue weighted by molar-refractivity contribution is -0.387. The number of hydrogen-bond acceptors (Lipinski definition) is 22. The Hall–Kier alpha value is -4.46. The van der Waals surface area contributed by atoms with E-state index in [1.54, 1.807) is 40.7 Å². The number of aryl methyl sites for hydroxylation is 1. The molecule has 2 spiro atoms. The van der Waals surface area contributed by atoms with E-state index < -0.39 is 132 Å². The zero-order valence-corrected chi connectivity index (χ0v) is 39.1. The van der Waals surface area contributed by atoms with E-state index in [1.165, 1.54) is 35.2 Å². The molecule has 11 unspecified atom stereocenters. The van der Waals surface area contributed by atoms with Crippen LogP contribution in [0.5, 0.6) is 17.2 Å². The Morgan fingerprint density at radius 2 is 1.65 bits per heavy atom. The first-order valence-corrected chi connectivity index (χ1v) is 22.6. The zero-order valence-electron chi connectivity index (χ0n) is 39.1. The van der Waals surface area contributed by atoms with Gasteiger partial charge in [-0.05, 0) is 39.3 Å². The fourth-order valence-corrected chi connectivity index (χ4v) is 12.1. The number of Topliss-reactive ketones (excluding diaryl/α,β-unsaturated/α-hetero) is 1. The molecular formula is C46H56O22. The predicted octanol–water partition coefficient (Wildman–Crippen LogP) is 2.95. The fourth-order valence-electron chi connectivity index (χ4n) is 12.1. The van der Waals surface area contributed by atoms with Gasteiger partial charge in [0.05, 0.1) is 43.5 Å². The predicted molar refractivity (Wildman–Crippen MR) is 222 cm³/mol. The van der Waals surface area contributed by atoms with Crippen molar-refractivity contribution < 1.29 is 106 Å². The van der Waals surface area contributed by atoms with Crippen LogP contribution in [0.15, 0.2) is 6.07 Å². The SMILES string of the molecule is COc1c2c(c(O)c3c4c(c(C)cc13)C1OC3(C(OC)OC)OC1[C@@](OC1CC(OC(C)=O)C5(OC(=O)O[C@H]5C)C(C)O1)(O4)[C@@]31CO1)C(=O)[C@@H](O)C[C@@H]2OC1CC(C)(CO)C(OC(C)=O)C(C)O1. The van der Waals surface area contributed by atoms with Crippen LogP contribution in [-0.4, -0.2) is 158 Å². The molecule has 16 atom stereocenters. The number of esters is 2. The first-order chi connectivity index (χ1) is 32.2. The third-order valence-electron chi connectivity index (χ3n) is 15.1. The van der Waals surface area contributed by atoms with Gasteiger partial charge in [0.25, 0.3) is 11.6 Å². The molecule has 6 fully saturated rings. The van der Waals surface area contributed by atoms with Crippen LogP contribution in [0.4, 0.5) is 4.79 Å². The van der Waals surface area contributed by atoms with E-state index in [1.807, 2.05) is 0 Å². The molecule has 7 heterocycles. The highest BCUT2D eigenvalue weighted by Crippen LogP contribution is 2.72. The molecule has 2 bridgehead atoms. The molecular weight excluding hydrogens is 904 g/mol. The van der Waals surface area contributed by atoms with Gasteiger partial charge in [-0.2, -0.15) is 0 Å². The number of ketones is 1. The number of hydrogen-bond donors (Lipinski definition) is 3. The molecule has 7 aliphatic heterocycles. The smallest absolute Gasteiger partial charge is 0.506 e. The van der Waals surface area contributed by atoms with Crippen molar-refractivity contribution in [1.29, 1.82) is 0 Å². The number of ether oxygens (including phenoxy) is 15. The van der Waals surface area contributed by atoms with Gasteiger partial charge in [0, 0.05) is 69.3 Å². The van der Waals surface area contributed by atoms with Crippen molar-refractivity contribution in [3.05, 3.63) is 28.3 Å². The molecule has 8 aliphatic rings. The number of epoxide rings is 1. The van der Waals surface area contributed by atoms with E-state index >= 15 is 0 Å². The molecule has 0 amide bonds. The van der Waals surface area contributed by atoms with Crippen LogP contribution < -0.4 is 9.47 Å². The minimum absolute atomic E-state index is 0.00573. The molecule has 2 aromatic carbocycles. The van der Waals surface area contributed by atoms with Crippen molar-refractivity contribution in [1.82, 2.24) is 0 Å². The number of carbonyl (C=O) groups is 4. The Labute approximate surface area is 389 Å². The average molecular weight is 961 g/mol. The molecule has 372 valence electrons. The summed E-state index contributed by atoms with van der Waals surface area (Å²) in [6.45, 7) is 10.4. The maximum atomic E-state index is 14.2. The summed E-state index contributed by atoms with van der Waals surface area (Å²) in [5.41, 5.74) is -3.42. The standard InChI is InChI=1S/C46H56O22/c1-17-11-23-30(34(52)32-31(35(23)54-8)25(12-24(50)33(32)51)63-28-14-42(7,15-47)38(18(2)58-28)62-22(6)49)36-29(17)37-39-45(65-36,43(16-57-43)46(66-37,67-39)40(55-9)56-10)64-27-13-26(61-21(5)48)44(19(3)59-27)20(4)60-41(53)68-44/h11,18-20,24-28,37-40,47,50,52H,12-16H2,1-10H3/t18?,19?,20-,24-,25-,26?,27?,28?,37?,38?,39?,42?,43-,44?,45+,46?/m0/s1. The summed E-state index contributed by atoms with van der Waals surface area (Å²) in [6, 6.07) is 1.74. The second kappa shape index (κ2) is 16.0. The quantitative estimate of drug-likeness (QED) is 0.126. The van der Waals surface area contributed by atoms with E-state index in [2.05, 4.69) is 0 Å². The van der Waals surface area contributed by atoms with Crippen molar-refractivity contribution >= 4 is 34.6 Å². The lowest BCUT2D eigenvalue weighted by Gasteiger charge is -2.52. The number of aliphatic hydroxyl groups is 2. The maximum absolute atomic E-state index is 14.2. The molecule has 0 aromatic heterocycles. The second-order valence-corrected chi connectivity index (χ2v) is 19.1. The summed E-state index contributed by atoms with van der Waals surface area (Å²) in [5, 5.41) is 34.8. The summed E-state index contributed by atoms with van der Waals surface area (Å²) >= 11 is 0. The highest BCUT2D eigenvalue weighted by Gasteiger charge is 2.94. The third kappa shape index (κ3) is 6.28. The summed E-state index contributed by atoms with van der Waals surface area (Å²) in [5.74, 6) is -6.38. The monoisotopic (exact) mass is 960 g/mol. The van der Waals surface area contributed by atoms with Crippen LogP contribution in [0, 0.1) is 12.3 Å². The van der Waals surface area contributed by atoms with Gasteiger partial charge in [0.2, 0.25) is 17.5 Å². The van der Waals surface area contributed by atoms with Gasteiger partial charge in [-0.3, -0.25) is 14.4 Å². The van der Waals surface area contributed by atoms with Crippen LogP contribution in [-0.2, 0) is 71.2 Å². The van der Waals surface area contributed by atoms with Gasteiger partial charge in [-0.1, -0.05) is 6.92 Å². The number of aromatic hydroxyl groups is 1. The van der Waals surface area contributed by atoms with Crippen molar-refractivity contribution in [2.75, 3.05) is 34.5 Å². The molecule has 22 nitrogen and oxygen atoms in total. The normalized spacial score (nSPS) is 41.9. The van der Waals surface area contributed by atoms with Crippen LogP contribution in [0.1, 0.15) is 100 Å². The summed E-state index contributed by atoms with van der Waals surface area (Å²) in [4.78, 5) is 51.4. The number of benzene rings is 2. The van der Waals surface area contributed by atoms with E-state index in [0.29, 0.717) is 11.1 Å². The van der Waals surface area contributed by atoms with Crippen LogP contribution in [0.2, 0.25) is 0 Å². The maximum Gasteiger partial charge on any atom is 0.509 e. The molecule has 1 aliphatic carbocycles. The third-order valence-corrected chi connectivity index (χ3v) is 15.1. The largest absolute Gasteiger partial charge is 0.509 e. The minimum atomic E-state index is -2.04. The lowest BCUT2D eigenvalue weighted by atomic mass is 9.76. The van der Waals surface area contributed by atoms with Gasteiger partial charge >= 0.3 is 18.1 Å². The Bertz CT molecular complexity index is 2450. The minimum Gasteiger partial charge on any atom is -0.506 e. The molecule has 22 heteroatoms. The number of fused-ring (bicyclic) bond motifs is 8. The van der Waals surface area contributed by atoms with Crippen molar-refractivity contribution in [2.24, 2.45) is 5.41 Å². The number of cyclic esters (lactones) is 1. The molecule has 6 saturated heterocycles. The summed E-state index contributed by atoms with van der Waals surface area (Å²) < 4.78 is 93.6. The Kier molecular flexibility index (Phi) is 11.1. The second-order valence-electron chi connectivity index (χ2n) is 19.1. The van der Waals surface area contributed by atoms with Crippen LogP contribution >= 0.6 is 0 Å². The fraction of sp³-hybridized carbons (Fsp3) is 0.696. The van der Waals surface area contributed by atoms with Gasteiger partial charge in [-0.25, -0.2) is 4.79 Å². The molecule has 0 saturated carbocycles. The molecule has 68 heavy (non-hydrogen) atoms. The number of carbonyl (C=O) groups excluding carboxylic acids is 4. The number of phenols is 1. The number of phenolic OH excluding ortho intramolecular Hbond substituents is 1. The topological polar surface area (TPSA) is 271 Å². The van der Waals surface area contributed by atoms with Crippen LogP contribution in [0.3, 0.4) is 0 Å². The van der Waals surface area contributed by atoms with Gasteiger partial charge in [0.15, 0.2) is 30.6 Å². The number of aliphatic hydroxyl groups excluding tert-OH is 2. The Balaban J connectivity index is 1.10.